The number of alkyl halides is 1. The Kier molecular flexibility index (Phi) is 3.06. The van der Waals surface area contributed by atoms with Crippen molar-refractivity contribution < 1.29 is 9.18 Å². The van der Waals surface area contributed by atoms with E-state index in [9.17, 15) is 9.18 Å². The summed E-state index contributed by atoms with van der Waals surface area (Å²) in [6.45, 7) is 0. The quantitative estimate of drug-likeness (QED) is 0.874. The second kappa shape index (κ2) is 4.94. The highest BCUT2D eigenvalue weighted by molar-refractivity contribution is 7.99. The maximum Gasteiger partial charge on any atom is 0.209 e. The fraction of sp³-hybridized carbons (Fsp3) is 0.400. The lowest BCUT2D eigenvalue weighted by atomic mass is 9.98. The fourth-order valence-corrected chi connectivity index (χ4v) is 3.96. The molecule has 108 valence electrons. The number of hydrogen-bond donors (Lipinski definition) is 0. The van der Waals surface area contributed by atoms with E-state index in [0.717, 1.165) is 5.56 Å². The number of thioether (sulfide) groups is 1. The molecule has 0 saturated heterocycles. The smallest absolute Gasteiger partial charge is 0.209 e. The number of hydrogen-bond acceptors (Lipinski definition) is 4. The standard InChI is InChI=1S/C15H14FN3OS/c16-12-8-13(9-4-2-1-3-5-9)19-14(12)17-15(18-19)21-11-6-10(20)7-11/h1-5,11-13H,6-8H2. The number of carbonyl (C=O) groups is 1. The van der Waals surface area contributed by atoms with E-state index in [1.165, 1.54) is 11.8 Å². The van der Waals surface area contributed by atoms with Crippen LogP contribution in [0.3, 0.4) is 0 Å². The highest BCUT2D eigenvalue weighted by atomic mass is 32.2. The van der Waals surface area contributed by atoms with Crippen molar-refractivity contribution in [2.24, 2.45) is 0 Å². The van der Waals surface area contributed by atoms with E-state index in [1.807, 2.05) is 30.3 Å². The normalized spacial score (nSPS) is 24.9. The Morgan fingerprint density at radius 3 is 2.71 bits per heavy atom. The third kappa shape index (κ3) is 2.27. The lowest BCUT2D eigenvalue weighted by Crippen LogP contribution is -2.25. The molecule has 1 fully saturated rings. The molecule has 0 spiro atoms. The molecule has 0 bridgehead atoms. The van der Waals surface area contributed by atoms with Gasteiger partial charge in [-0.2, -0.15) is 0 Å². The maximum absolute atomic E-state index is 14.2. The van der Waals surface area contributed by atoms with E-state index in [-0.39, 0.29) is 17.1 Å². The Balaban J connectivity index is 1.60. The highest BCUT2D eigenvalue weighted by Crippen LogP contribution is 2.41. The summed E-state index contributed by atoms with van der Waals surface area (Å²) >= 11 is 1.49. The van der Waals surface area contributed by atoms with Crippen molar-refractivity contribution in [2.75, 3.05) is 0 Å². The van der Waals surface area contributed by atoms with Crippen LogP contribution in [0.4, 0.5) is 4.39 Å². The first-order valence-corrected chi connectivity index (χ1v) is 7.92. The van der Waals surface area contributed by atoms with E-state index < -0.39 is 6.17 Å². The number of fused-ring (bicyclic) bond motifs is 1. The molecule has 2 heterocycles. The molecule has 1 saturated carbocycles. The summed E-state index contributed by atoms with van der Waals surface area (Å²) in [6, 6.07) is 9.75. The van der Waals surface area contributed by atoms with Gasteiger partial charge < -0.3 is 0 Å². The molecule has 1 aromatic carbocycles. The van der Waals surface area contributed by atoms with Gasteiger partial charge in [-0.05, 0) is 5.56 Å². The van der Waals surface area contributed by atoms with Gasteiger partial charge in [-0.15, -0.1) is 5.10 Å². The lowest BCUT2D eigenvalue weighted by Gasteiger charge is -2.21. The molecule has 2 atom stereocenters. The molecule has 6 heteroatoms. The molecule has 1 aromatic heterocycles. The summed E-state index contributed by atoms with van der Waals surface area (Å²) < 4.78 is 15.9. The van der Waals surface area contributed by atoms with Crippen LogP contribution < -0.4 is 0 Å². The van der Waals surface area contributed by atoms with E-state index in [1.54, 1.807) is 4.68 Å². The Bertz CT molecular complexity index is 679. The van der Waals surface area contributed by atoms with Gasteiger partial charge >= 0.3 is 0 Å². The van der Waals surface area contributed by atoms with E-state index >= 15 is 0 Å². The van der Waals surface area contributed by atoms with Gasteiger partial charge in [-0.1, -0.05) is 42.1 Å². The molecule has 0 N–H and O–H groups in total. The van der Waals surface area contributed by atoms with E-state index in [2.05, 4.69) is 10.1 Å². The average molecular weight is 303 g/mol. The van der Waals surface area contributed by atoms with Gasteiger partial charge in [0.2, 0.25) is 5.16 Å². The van der Waals surface area contributed by atoms with Crippen molar-refractivity contribution in [3.05, 3.63) is 41.7 Å². The van der Waals surface area contributed by atoms with Crippen LogP contribution in [0.1, 0.15) is 42.9 Å². The third-order valence-electron chi connectivity index (χ3n) is 4.01. The number of carbonyl (C=O) groups excluding carboxylic acids is 1. The number of benzene rings is 1. The van der Waals surface area contributed by atoms with Crippen LogP contribution in [0.2, 0.25) is 0 Å². The van der Waals surface area contributed by atoms with E-state index in [4.69, 9.17) is 0 Å². The molecular weight excluding hydrogens is 289 g/mol. The summed E-state index contributed by atoms with van der Waals surface area (Å²) in [5, 5.41) is 5.31. The second-order valence-electron chi connectivity index (χ2n) is 5.51. The zero-order chi connectivity index (χ0) is 14.4. The Morgan fingerprint density at radius 2 is 2.00 bits per heavy atom. The minimum absolute atomic E-state index is 0.0823. The number of Topliss-reactive ketones (excluding diaryl/α,β-unsaturated/α-hetero) is 1. The SMILES string of the molecule is O=C1CC(Sc2nc3n(n2)C(c2ccccc2)CC3F)C1. The summed E-state index contributed by atoms with van der Waals surface area (Å²) in [5.41, 5.74) is 1.05. The number of aromatic nitrogens is 3. The van der Waals surface area contributed by atoms with Gasteiger partial charge in [0.05, 0.1) is 6.04 Å². The van der Waals surface area contributed by atoms with E-state index in [0.29, 0.717) is 30.2 Å². The van der Waals surface area contributed by atoms with Gasteiger partial charge in [-0.25, -0.2) is 14.1 Å². The first-order chi connectivity index (χ1) is 10.2. The van der Waals surface area contributed by atoms with Gasteiger partial charge in [0.1, 0.15) is 5.78 Å². The van der Waals surface area contributed by atoms with Gasteiger partial charge in [0.25, 0.3) is 0 Å². The molecule has 4 rings (SSSR count). The molecule has 2 aromatic rings. The number of rotatable bonds is 3. The maximum atomic E-state index is 14.2. The molecule has 0 amide bonds. The second-order valence-corrected chi connectivity index (χ2v) is 6.78. The molecule has 2 unspecified atom stereocenters. The molecule has 1 aliphatic carbocycles. The van der Waals surface area contributed by atoms with Gasteiger partial charge in [0, 0.05) is 24.5 Å². The zero-order valence-corrected chi connectivity index (χ0v) is 12.1. The summed E-state index contributed by atoms with van der Waals surface area (Å²) in [6.07, 6.45) is 0.484. The fourth-order valence-electron chi connectivity index (χ4n) is 2.84. The number of nitrogens with zero attached hydrogens (tertiary/aromatic N) is 3. The predicted octanol–water partition coefficient (Wildman–Crippen LogP) is 3.11. The Morgan fingerprint density at radius 1 is 1.24 bits per heavy atom. The first kappa shape index (κ1) is 13.0. The highest BCUT2D eigenvalue weighted by Gasteiger charge is 2.36. The monoisotopic (exact) mass is 303 g/mol. The van der Waals surface area contributed by atoms with Gasteiger partial charge in [-0.3, -0.25) is 4.79 Å². The zero-order valence-electron chi connectivity index (χ0n) is 11.3. The predicted molar refractivity (Wildman–Crippen MR) is 77.0 cm³/mol. The van der Waals surface area contributed by atoms with Crippen molar-refractivity contribution in [1.29, 1.82) is 0 Å². The van der Waals surface area contributed by atoms with Crippen molar-refractivity contribution in [3.8, 4) is 0 Å². The van der Waals surface area contributed by atoms with Crippen LogP contribution >= 0.6 is 11.8 Å². The van der Waals surface area contributed by atoms with Crippen LogP contribution in [0, 0.1) is 0 Å². The summed E-state index contributed by atoms with van der Waals surface area (Å²) in [7, 11) is 0. The summed E-state index contributed by atoms with van der Waals surface area (Å²) in [4.78, 5) is 15.3. The molecular formula is C15H14FN3OS. The van der Waals surface area contributed by atoms with Gasteiger partial charge in [0.15, 0.2) is 12.0 Å². The number of ketones is 1. The Hall–Kier alpha value is -1.69. The first-order valence-electron chi connectivity index (χ1n) is 7.04. The minimum Gasteiger partial charge on any atom is -0.300 e. The number of halogens is 1. The average Bonchev–Trinajstić information content (AvgIpc) is 2.99. The molecule has 4 nitrogen and oxygen atoms in total. The van der Waals surface area contributed by atoms with Crippen molar-refractivity contribution in [2.45, 2.75) is 41.9 Å². The molecule has 1 aliphatic heterocycles. The van der Waals surface area contributed by atoms with Crippen LogP contribution in [0.5, 0.6) is 0 Å². The lowest BCUT2D eigenvalue weighted by molar-refractivity contribution is -0.123. The van der Waals surface area contributed by atoms with Crippen molar-refractivity contribution >= 4 is 17.5 Å². The van der Waals surface area contributed by atoms with Crippen LogP contribution in [0.25, 0.3) is 0 Å². The Labute approximate surface area is 125 Å². The minimum atomic E-state index is -1.07. The molecule has 2 aliphatic rings. The van der Waals surface area contributed by atoms with Crippen LogP contribution in [-0.4, -0.2) is 25.8 Å². The third-order valence-corrected chi connectivity index (χ3v) is 5.06. The molecule has 0 radical (unpaired) electrons. The molecule has 21 heavy (non-hydrogen) atoms. The van der Waals surface area contributed by atoms with Crippen molar-refractivity contribution in [3.63, 3.8) is 0 Å². The topological polar surface area (TPSA) is 47.8 Å². The summed E-state index contributed by atoms with van der Waals surface area (Å²) in [5.74, 6) is 0.696. The largest absolute Gasteiger partial charge is 0.300 e. The van der Waals surface area contributed by atoms with Crippen LogP contribution in [-0.2, 0) is 4.79 Å². The van der Waals surface area contributed by atoms with Crippen molar-refractivity contribution in [1.82, 2.24) is 14.8 Å². The van der Waals surface area contributed by atoms with Crippen LogP contribution in [0.15, 0.2) is 35.5 Å².